The van der Waals surface area contributed by atoms with Crippen molar-refractivity contribution < 1.29 is 4.74 Å². The Hall–Kier alpha value is -1.17. The van der Waals surface area contributed by atoms with Crippen LogP contribution < -0.4 is 5.32 Å². The highest BCUT2D eigenvalue weighted by atomic mass is 35.5. The van der Waals surface area contributed by atoms with Crippen molar-refractivity contribution in [3.8, 4) is 0 Å². The lowest BCUT2D eigenvalue weighted by Crippen LogP contribution is -2.09. The third-order valence-corrected chi connectivity index (χ3v) is 4.03. The topological polar surface area (TPSA) is 47.0 Å². The molecule has 1 aromatic carbocycles. The summed E-state index contributed by atoms with van der Waals surface area (Å²) in [5, 5.41) is 4.88. The Morgan fingerprint density at radius 3 is 2.85 bits per heavy atom. The Labute approximate surface area is 127 Å². The highest BCUT2D eigenvalue weighted by Crippen LogP contribution is 2.39. The number of nitrogens with one attached hydrogen (secondary N) is 1. The molecule has 1 heterocycles. The van der Waals surface area contributed by atoms with Gasteiger partial charge in [-0.1, -0.05) is 23.7 Å². The van der Waals surface area contributed by atoms with Gasteiger partial charge in [-0.25, -0.2) is 4.98 Å². The van der Waals surface area contributed by atoms with Crippen LogP contribution in [0.3, 0.4) is 0 Å². The van der Waals surface area contributed by atoms with Crippen LogP contribution in [0.15, 0.2) is 24.3 Å². The molecular formula is C14H16ClN3OS. The van der Waals surface area contributed by atoms with E-state index in [0.717, 1.165) is 28.1 Å². The first-order chi connectivity index (χ1) is 9.81. The summed E-state index contributed by atoms with van der Waals surface area (Å²) in [6, 6.07) is 7.70. The number of hydrogen-bond donors (Lipinski definition) is 1. The zero-order valence-corrected chi connectivity index (χ0v) is 12.6. The van der Waals surface area contributed by atoms with Crippen molar-refractivity contribution in [3.05, 3.63) is 40.7 Å². The maximum atomic E-state index is 5.83. The van der Waals surface area contributed by atoms with Gasteiger partial charge in [0, 0.05) is 29.0 Å². The van der Waals surface area contributed by atoms with E-state index in [0.29, 0.717) is 19.1 Å². The summed E-state index contributed by atoms with van der Waals surface area (Å²) < 4.78 is 9.95. The molecule has 1 N–H and O–H groups in total. The average Bonchev–Trinajstić information content (AvgIpc) is 3.20. The zero-order chi connectivity index (χ0) is 13.8. The summed E-state index contributed by atoms with van der Waals surface area (Å²) >= 11 is 7.26. The fourth-order valence-electron chi connectivity index (χ4n) is 1.81. The first-order valence-corrected chi connectivity index (χ1v) is 7.86. The molecule has 4 nitrogen and oxygen atoms in total. The zero-order valence-electron chi connectivity index (χ0n) is 11.0. The fraction of sp³-hybridized carbons (Fsp3) is 0.429. The van der Waals surface area contributed by atoms with E-state index in [9.17, 15) is 0 Å². The minimum atomic E-state index is 0.599. The Morgan fingerprint density at radius 2 is 2.10 bits per heavy atom. The van der Waals surface area contributed by atoms with Crippen LogP contribution in [0.2, 0.25) is 5.02 Å². The molecule has 1 aliphatic carbocycles. The smallest absolute Gasteiger partial charge is 0.202 e. The molecule has 0 aliphatic heterocycles. The molecule has 0 amide bonds. The molecule has 3 rings (SSSR count). The summed E-state index contributed by atoms with van der Waals surface area (Å²) in [7, 11) is 0. The highest BCUT2D eigenvalue weighted by molar-refractivity contribution is 7.09. The minimum Gasteiger partial charge on any atom is -0.375 e. The molecule has 1 fully saturated rings. The maximum absolute atomic E-state index is 5.83. The lowest BCUT2D eigenvalue weighted by atomic mass is 10.2. The van der Waals surface area contributed by atoms with Gasteiger partial charge >= 0.3 is 0 Å². The van der Waals surface area contributed by atoms with Crippen LogP contribution in [-0.2, 0) is 11.3 Å². The fourth-order valence-corrected chi connectivity index (χ4v) is 2.61. The molecule has 0 saturated heterocycles. The van der Waals surface area contributed by atoms with Crippen molar-refractivity contribution >= 4 is 28.3 Å². The second kappa shape index (κ2) is 6.52. The van der Waals surface area contributed by atoms with Crippen LogP contribution >= 0.6 is 23.1 Å². The molecule has 6 heteroatoms. The first-order valence-electron chi connectivity index (χ1n) is 6.71. The number of ether oxygens (including phenoxy) is 1. The minimum absolute atomic E-state index is 0.599. The predicted octanol–water partition coefficient (Wildman–Crippen LogP) is 3.70. The van der Waals surface area contributed by atoms with Gasteiger partial charge in [0.2, 0.25) is 5.13 Å². The van der Waals surface area contributed by atoms with Crippen molar-refractivity contribution in [2.24, 2.45) is 0 Å². The highest BCUT2D eigenvalue weighted by Gasteiger charge is 2.27. The number of rotatable bonds is 7. The third kappa shape index (κ3) is 3.91. The second-order valence-electron chi connectivity index (χ2n) is 4.84. The summed E-state index contributed by atoms with van der Waals surface area (Å²) in [5.41, 5.74) is 1.13. The van der Waals surface area contributed by atoms with Gasteiger partial charge in [0.1, 0.15) is 5.82 Å². The van der Waals surface area contributed by atoms with Crippen LogP contribution in [0.5, 0.6) is 0 Å². The van der Waals surface area contributed by atoms with E-state index in [4.69, 9.17) is 16.3 Å². The van der Waals surface area contributed by atoms with Gasteiger partial charge in [-0.2, -0.15) is 4.37 Å². The number of anilines is 1. The third-order valence-electron chi connectivity index (χ3n) is 3.09. The van der Waals surface area contributed by atoms with E-state index in [1.165, 1.54) is 24.4 Å². The van der Waals surface area contributed by atoms with E-state index in [2.05, 4.69) is 14.7 Å². The van der Waals surface area contributed by atoms with Gasteiger partial charge < -0.3 is 10.1 Å². The molecule has 0 bridgehead atoms. The molecule has 106 valence electrons. The lowest BCUT2D eigenvalue weighted by Gasteiger charge is -2.05. The molecular weight excluding hydrogens is 294 g/mol. The van der Waals surface area contributed by atoms with Gasteiger partial charge in [-0.15, -0.1) is 0 Å². The number of nitrogens with zero attached hydrogens (tertiary/aromatic N) is 2. The summed E-state index contributed by atoms with van der Waals surface area (Å²) in [4.78, 5) is 4.46. The van der Waals surface area contributed by atoms with Gasteiger partial charge in [-0.05, 0) is 30.5 Å². The summed E-state index contributed by atoms with van der Waals surface area (Å²) in [6.07, 6.45) is 2.47. The Bertz CT molecular complexity index is 554. The molecule has 1 saturated carbocycles. The predicted molar refractivity (Wildman–Crippen MR) is 81.5 cm³/mol. The van der Waals surface area contributed by atoms with Crippen LogP contribution in [-0.4, -0.2) is 22.5 Å². The van der Waals surface area contributed by atoms with E-state index in [1.54, 1.807) is 0 Å². The van der Waals surface area contributed by atoms with E-state index >= 15 is 0 Å². The molecule has 0 atom stereocenters. The lowest BCUT2D eigenvalue weighted by molar-refractivity contribution is 0.130. The van der Waals surface area contributed by atoms with Crippen molar-refractivity contribution in [1.82, 2.24) is 9.36 Å². The first kappa shape index (κ1) is 13.8. The molecule has 0 unspecified atom stereocenters. The van der Waals surface area contributed by atoms with Gasteiger partial charge in [0.05, 0.1) is 13.2 Å². The van der Waals surface area contributed by atoms with Gasteiger partial charge in [0.15, 0.2) is 0 Å². The van der Waals surface area contributed by atoms with E-state index in [-0.39, 0.29) is 0 Å². The number of hydrogen-bond acceptors (Lipinski definition) is 5. The summed E-state index contributed by atoms with van der Waals surface area (Å²) in [5.74, 6) is 1.61. The van der Waals surface area contributed by atoms with Crippen LogP contribution in [0.4, 0.5) is 5.13 Å². The number of benzene rings is 1. The Balaban J connectivity index is 1.34. The van der Waals surface area contributed by atoms with Crippen molar-refractivity contribution in [3.63, 3.8) is 0 Å². The molecule has 1 aromatic heterocycles. The van der Waals surface area contributed by atoms with Gasteiger partial charge in [0.25, 0.3) is 0 Å². The monoisotopic (exact) mass is 309 g/mol. The largest absolute Gasteiger partial charge is 0.375 e. The molecule has 0 spiro atoms. The van der Waals surface area contributed by atoms with E-state index in [1.807, 2.05) is 24.3 Å². The van der Waals surface area contributed by atoms with Crippen molar-refractivity contribution in [2.45, 2.75) is 25.4 Å². The second-order valence-corrected chi connectivity index (χ2v) is 6.03. The van der Waals surface area contributed by atoms with Gasteiger partial charge in [-0.3, -0.25) is 0 Å². The quantitative estimate of drug-likeness (QED) is 0.792. The van der Waals surface area contributed by atoms with Crippen LogP contribution in [0, 0.1) is 0 Å². The molecule has 0 radical (unpaired) electrons. The Morgan fingerprint density at radius 1 is 1.30 bits per heavy atom. The average molecular weight is 310 g/mol. The van der Waals surface area contributed by atoms with E-state index < -0.39 is 0 Å². The van der Waals surface area contributed by atoms with Crippen molar-refractivity contribution in [1.29, 1.82) is 0 Å². The molecule has 1 aliphatic rings. The normalized spacial score (nSPS) is 14.4. The molecule has 20 heavy (non-hydrogen) atoms. The standard InChI is InChI=1S/C14H16ClN3OS/c15-12-5-1-10(2-6-12)9-19-8-7-16-14-17-13(18-20-14)11-3-4-11/h1-2,5-6,11H,3-4,7-9H2,(H,16,17,18). The Kier molecular flexibility index (Phi) is 4.50. The summed E-state index contributed by atoms with van der Waals surface area (Å²) in [6.45, 7) is 1.98. The molecule has 2 aromatic rings. The maximum Gasteiger partial charge on any atom is 0.202 e. The van der Waals surface area contributed by atoms with Crippen molar-refractivity contribution in [2.75, 3.05) is 18.5 Å². The van der Waals surface area contributed by atoms with Crippen LogP contribution in [0.25, 0.3) is 0 Å². The number of halogens is 1. The SMILES string of the molecule is Clc1ccc(COCCNc2nc(C3CC3)ns2)cc1. The van der Waals surface area contributed by atoms with Crippen LogP contribution in [0.1, 0.15) is 30.1 Å². The number of aromatic nitrogens is 2.